The summed E-state index contributed by atoms with van der Waals surface area (Å²) < 4.78 is 0.461. The molecule has 4 heteroatoms. The largest absolute Gasteiger partial charge is 0.340 e. The van der Waals surface area contributed by atoms with Gasteiger partial charge in [0.05, 0.1) is 5.75 Å². The molecule has 0 aromatic heterocycles. The summed E-state index contributed by atoms with van der Waals surface area (Å²) >= 11 is 2.00. The minimum absolute atomic E-state index is 0.201. The number of amides is 1. The molecular formula is C17H28N2OS. The number of piperidine rings is 1. The smallest absolute Gasteiger partial charge is 0.232 e. The fourth-order valence-electron chi connectivity index (χ4n) is 5.75. The molecule has 1 unspecified atom stereocenters. The predicted octanol–water partition coefficient (Wildman–Crippen LogP) is 2.64. The van der Waals surface area contributed by atoms with Crippen LogP contribution in [0.5, 0.6) is 0 Å². The molecule has 1 amide bonds. The van der Waals surface area contributed by atoms with Crippen molar-refractivity contribution >= 4 is 17.7 Å². The van der Waals surface area contributed by atoms with Gasteiger partial charge >= 0.3 is 0 Å². The Morgan fingerprint density at radius 2 is 1.76 bits per heavy atom. The molecule has 0 aromatic rings. The highest BCUT2D eigenvalue weighted by molar-refractivity contribution is 8.01. The van der Waals surface area contributed by atoms with Crippen molar-refractivity contribution in [2.45, 2.75) is 62.2 Å². The normalized spacial score (nSPS) is 45.1. The molecule has 0 radical (unpaired) electrons. The molecule has 4 aliphatic carbocycles. The lowest BCUT2D eigenvalue weighted by molar-refractivity contribution is -0.129. The van der Waals surface area contributed by atoms with Gasteiger partial charge in [0.1, 0.15) is 0 Å². The number of nitrogens with zero attached hydrogens (tertiary/aromatic N) is 1. The van der Waals surface area contributed by atoms with Crippen molar-refractivity contribution < 1.29 is 4.79 Å². The SMILES string of the molecule is NC1CCCN(C(=O)CSC23CC4CC(CC(C4)C2)C3)C1. The fourth-order valence-corrected chi connectivity index (χ4v) is 7.42. The van der Waals surface area contributed by atoms with Crippen molar-refractivity contribution in [2.75, 3.05) is 18.8 Å². The van der Waals surface area contributed by atoms with E-state index < -0.39 is 0 Å². The minimum Gasteiger partial charge on any atom is -0.340 e. The maximum atomic E-state index is 12.5. The number of hydrogen-bond acceptors (Lipinski definition) is 3. The van der Waals surface area contributed by atoms with Gasteiger partial charge < -0.3 is 10.6 Å². The Labute approximate surface area is 132 Å². The van der Waals surface area contributed by atoms with Gasteiger partial charge in [0.15, 0.2) is 0 Å². The minimum atomic E-state index is 0.201. The van der Waals surface area contributed by atoms with Crippen molar-refractivity contribution in [1.29, 1.82) is 0 Å². The van der Waals surface area contributed by atoms with Gasteiger partial charge in [0.2, 0.25) is 5.91 Å². The molecule has 1 aliphatic heterocycles. The Bertz CT molecular complexity index is 390. The van der Waals surface area contributed by atoms with Gasteiger partial charge in [-0.15, -0.1) is 11.8 Å². The summed E-state index contributed by atoms with van der Waals surface area (Å²) in [4.78, 5) is 14.5. The van der Waals surface area contributed by atoms with Crippen molar-refractivity contribution in [3.63, 3.8) is 0 Å². The Morgan fingerprint density at radius 3 is 2.33 bits per heavy atom. The zero-order valence-corrected chi connectivity index (χ0v) is 13.7. The molecule has 4 saturated carbocycles. The lowest BCUT2D eigenvalue weighted by Gasteiger charge is -2.56. The molecule has 0 aromatic carbocycles. The lowest BCUT2D eigenvalue weighted by Crippen LogP contribution is -2.50. The summed E-state index contributed by atoms with van der Waals surface area (Å²) in [6.45, 7) is 1.70. The van der Waals surface area contributed by atoms with Gasteiger partial charge in [-0.05, 0) is 69.1 Å². The van der Waals surface area contributed by atoms with Crippen LogP contribution >= 0.6 is 11.8 Å². The second-order valence-corrected chi connectivity index (χ2v) is 9.57. The first kappa shape index (κ1) is 14.4. The zero-order chi connectivity index (χ0) is 14.4. The van der Waals surface area contributed by atoms with Crippen LogP contribution in [0.1, 0.15) is 51.4 Å². The van der Waals surface area contributed by atoms with E-state index in [1.807, 2.05) is 16.7 Å². The summed E-state index contributed by atoms with van der Waals surface area (Å²) in [5, 5.41) is 0. The molecule has 5 fully saturated rings. The highest BCUT2D eigenvalue weighted by Crippen LogP contribution is 2.60. The van der Waals surface area contributed by atoms with Crippen LogP contribution in [-0.4, -0.2) is 40.4 Å². The molecule has 0 spiro atoms. The van der Waals surface area contributed by atoms with Crippen molar-refractivity contribution in [3.05, 3.63) is 0 Å². The van der Waals surface area contributed by atoms with Gasteiger partial charge in [-0.25, -0.2) is 0 Å². The predicted molar refractivity (Wildman–Crippen MR) is 87.2 cm³/mol. The van der Waals surface area contributed by atoms with Crippen LogP contribution in [0.15, 0.2) is 0 Å². The quantitative estimate of drug-likeness (QED) is 0.872. The summed E-state index contributed by atoms with van der Waals surface area (Å²) in [5.41, 5.74) is 6.00. The topological polar surface area (TPSA) is 46.3 Å². The van der Waals surface area contributed by atoms with E-state index in [2.05, 4.69) is 0 Å². The lowest BCUT2D eigenvalue weighted by atomic mass is 9.56. The van der Waals surface area contributed by atoms with Crippen LogP contribution in [-0.2, 0) is 4.79 Å². The Morgan fingerprint density at radius 1 is 1.14 bits per heavy atom. The van der Waals surface area contributed by atoms with E-state index in [9.17, 15) is 4.79 Å². The Hall–Kier alpha value is -0.220. The third-order valence-corrected chi connectivity index (χ3v) is 7.80. The molecule has 4 bridgehead atoms. The van der Waals surface area contributed by atoms with E-state index >= 15 is 0 Å². The first-order chi connectivity index (χ1) is 10.1. The number of likely N-dealkylation sites (tertiary alicyclic amines) is 1. The fraction of sp³-hybridized carbons (Fsp3) is 0.941. The van der Waals surface area contributed by atoms with E-state index in [1.165, 1.54) is 38.5 Å². The Kier molecular flexibility index (Phi) is 3.73. The number of hydrogen-bond donors (Lipinski definition) is 1. The monoisotopic (exact) mass is 308 g/mol. The summed E-state index contributed by atoms with van der Waals surface area (Å²) in [5.74, 6) is 3.96. The number of nitrogens with two attached hydrogens (primary N) is 1. The molecule has 21 heavy (non-hydrogen) atoms. The van der Waals surface area contributed by atoms with Crippen molar-refractivity contribution in [1.82, 2.24) is 4.90 Å². The number of rotatable bonds is 3. The molecule has 1 atom stereocenters. The second-order valence-electron chi connectivity index (χ2n) is 8.13. The Balaban J connectivity index is 1.35. The average molecular weight is 308 g/mol. The van der Waals surface area contributed by atoms with Gasteiger partial charge in [0, 0.05) is 23.9 Å². The first-order valence-corrected chi connectivity index (χ1v) is 9.78. The van der Waals surface area contributed by atoms with Gasteiger partial charge in [-0.2, -0.15) is 0 Å². The first-order valence-electron chi connectivity index (χ1n) is 8.79. The third kappa shape index (κ3) is 2.86. The van der Waals surface area contributed by atoms with Crippen LogP contribution in [0.4, 0.5) is 0 Å². The van der Waals surface area contributed by atoms with Gasteiger partial charge in [0.25, 0.3) is 0 Å². The van der Waals surface area contributed by atoms with E-state index in [1.54, 1.807) is 0 Å². The van der Waals surface area contributed by atoms with Crippen LogP contribution in [0.3, 0.4) is 0 Å². The van der Waals surface area contributed by atoms with E-state index in [0.717, 1.165) is 43.7 Å². The molecule has 2 N–H and O–H groups in total. The molecular weight excluding hydrogens is 280 g/mol. The van der Waals surface area contributed by atoms with E-state index in [0.29, 0.717) is 16.4 Å². The summed E-state index contributed by atoms with van der Waals surface area (Å²) in [6, 6.07) is 0.201. The maximum absolute atomic E-state index is 12.5. The van der Waals surface area contributed by atoms with Crippen LogP contribution in [0.25, 0.3) is 0 Å². The molecule has 3 nitrogen and oxygen atoms in total. The standard InChI is InChI=1S/C17H28N2OS/c18-15-2-1-3-19(10-15)16(20)11-21-17-7-12-4-13(8-17)6-14(5-12)9-17/h12-15H,1-11,18H2. The zero-order valence-electron chi connectivity index (χ0n) is 12.9. The van der Waals surface area contributed by atoms with Crippen LogP contribution in [0, 0.1) is 17.8 Å². The third-order valence-electron chi connectivity index (χ3n) is 6.29. The molecule has 1 heterocycles. The summed E-state index contributed by atoms with van der Waals surface area (Å²) in [7, 11) is 0. The molecule has 5 rings (SSSR count). The molecule has 1 saturated heterocycles. The molecule has 118 valence electrons. The van der Waals surface area contributed by atoms with Crippen LogP contribution < -0.4 is 5.73 Å². The van der Waals surface area contributed by atoms with E-state index in [4.69, 9.17) is 5.73 Å². The second kappa shape index (κ2) is 5.45. The van der Waals surface area contributed by atoms with Crippen molar-refractivity contribution in [3.8, 4) is 0 Å². The highest BCUT2D eigenvalue weighted by atomic mass is 32.2. The summed E-state index contributed by atoms with van der Waals surface area (Å²) in [6.07, 6.45) is 10.8. The van der Waals surface area contributed by atoms with Gasteiger partial charge in [-0.3, -0.25) is 4.79 Å². The number of thioether (sulfide) groups is 1. The molecule has 5 aliphatic rings. The average Bonchev–Trinajstić information content (AvgIpc) is 2.43. The number of carbonyl (C=O) groups excluding carboxylic acids is 1. The van der Waals surface area contributed by atoms with E-state index in [-0.39, 0.29) is 6.04 Å². The maximum Gasteiger partial charge on any atom is 0.232 e. The number of carbonyl (C=O) groups is 1. The van der Waals surface area contributed by atoms with Crippen molar-refractivity contribution in [2.24, 2.45) is 23.5 Å². The highest BCUT2D eigenvalue weighted by Gasteiger charge is 2.51. The van der Waals surface area contributed by atoms with Gasteiger partial charge in [-0.1, -0.05) is 0 Å². The van der Waals surface area contributed by atoms with Crippen LogP contribution in [0.2, 0.25) is 0 Å².